The summed E-state index contributed by atoms with van der Waals surface area (Å²) in [6.07, 6.45) is 6.70. The van der Waals surface area contributed by atoms with E-state index in [1.165, 1.54) is 32.1 Å². The number of carbonyl (C=O) groups is 1. The van der Waals surface area contributed by atoms with Crippen molar-refractivity contribution in [3.05, 3.63) is 0 Å². The van der Waals surface area contributed by atoms with E-state index in [1.807, 2.05) is 0 Å². The first kappa shape index (κ1) is 16.5. The van der Waals surface area contributed by atoms with Crippen molar-refractivity contribution >= 4 is 5.91 Å². The first-order valence-electron chi connectivity index (χ1n) is 7.86. The predicted molar refractivity (Wildman–Crippen MR) is 80.7 cm³/mol. The third kappa shape index (κ3) is 4.79. The number of hydrogen-bond donors (Lipinski definition) is 2. The number of carbonyl (C=O) groups excluding carboxylic acids is 1. The minimum atomic E-state index is -0.0536. The molecule has 1 amide bonds. The molecule has 112 valence electrons. The summed E-state index contributed by atoms with van der Waals surface area (Å²) in [5.74, 6) is 1.13. The average Bonchev–Trinajstić information content (AvgIpc) is 2.38. The predicted octanol–water partition coefficient (Wildman–Crippen LogP) is 2.94. The Morgan fingerprint density at radius 3 is 2.32 bits per heavy atom. The molecule has 1 fully saturated rings. The van der Waals surface area contributed by atoms with Gasteiger partial charge in [0.2, 0.25) is 5.91 Å². The second-order valence-electron chi connectivity index (χ2n) is 7.13. The molecule has 3 heteroatoms. The van der Waals surface area contributed by atoms with Gasteiger partial charge in [-0.15, -0.1) is 0 Å². The highest BCUT2D eigenvalue weighted by Gasteiger charge is 2.31. The van der Waals surface area contributed by atoms with Crippen LogP contribution in [0.3, 0.4) is 0 Å². The van der Waals surface area contributed by atoms with Crippen molar-refractivity contribution in [2.24, 2.45) is 28.9 Å². The highest BCUT2D eigenvalue weighted by molar-refractivity contribution is 5.79. The van der Waals surface area contributed by atoms with Crippen LogP contribution in [0.4, 0.5) is 0 Å². The molecule has 0 aromatic heterocycles. The molecule has 19 heavy (non-hydrogen) atoms. The van der Waals surface area contributed by atoms with Gasteiger partial charge in [0, 0.05) is 13.1 Å². The van der Waals surface area contributed by atoms with E-state index in [4.69, 9.17) is 5.73 Å². The Labute approximate surface area is 118 Å². The molecule has 3 nitrogen and oxygen atoms in total. The lowest BCUT2D eigenvalue weighted by Crippen LogP contribution is -2.44. The summed E-state index contributed by atoms with van der Waals surface area (Å²) >= 11 is 0. The van der Waals surface area contributed by atoms with Gasteiger partial charge >= 0.3 is 0 Å². The maximum Gasteiger partial charge on any atom is 0.224 e. The third-order valence-corrected chi connectivity index (χ3v) is 4.82. The van der Waals surface area contributed by atoms with Gasteiger partial charge in [0.1, 0.15) is 0 Å². The van der Waals surface area contributed by atoms with Crippen LogP contribution in [-0.4, -0.2) is 19.0 Å². The number of hydrogen-bond acceptors (Lipinski definition) is 2. The second-order valence-corrected chi connectivity index (χ2v) is 7.13. The fourth-order valence-corrected chi connectivity index (χ4v) is 3.16. The number of nitrogens with one attached hydrogen (secondary N) is 1. The molecular weight excluding hydrogens is 236 g/mol. The lowest BCUT2D eigenvalue weighted by molar-refractivity contribution is -0.126. The number of amides is 1. The van der Waals surface area contributed by atoms with Crippen LogP contribution < -0.4 is 11.1 Å². The monoisotopic (exact) mass is 268 g/mol. The summed E-state index contributed by atoms with van der Waals surface area (Å²) in [5, 5.41) is 3.13. The number of nitrogens with two attached hydrogens (primary N) is 1. The average molecular weight is 268 g/mol. The topological polar surface area (TPSA) is 55.1 Å². The van der Waals surface area contributed by atoms with E-state index in [9.17, 15) is 4.79 Å². The van der Waals surface area contributed by atoms with E-state index in [-0.39, 0.29) is 17.2 Å². The Bertz CT molecular complexity index is 280. The van der Waals surface area contributed by atoms with Crippen molar-refractivity contribution in [2.45, 2.75) is 59.8 Å². The Hall–Kier alpha value is -0.570. The van der Waals surface area contributed by atoms with E-state index < -0.39 is 0 Å². The quantitative estimate of drug-likeness (QED) is 0.778. The molecule has 1 rings (SSSR count). The van der Waals surface area contributed by atoms with Crippen LogP contribution in [0.2, 0.25) is 0 Å². The van der Waals surface area contributed by atoms with Gasteiger partial charge in [-0.1, -0.05) is 47.0 Å². The van der Waals surface area contributed by atoms with Gasteiger partial charge in [0.25, 0.3) is 0 Å². The summed E-state index contributed by atoms with van der Waals surface area (Å²) in [6, 6.07) is 0. The van der Waals surface area contributed by atoms with Gasteiger partial charge < -0.3 is 11.1 Å². The van der Waals surface area contributed by atoms with E-state index in [1.54, 1.807) is 0 Å². The van der Waals surface area contributed by atoms with Crippen molar-refractivity contribution in [2.75, 3.05) is 13.1 Å². The van der Waals surface area contributed by atoms with E-state index in [0.29, 0.717) is 12.5 Å². The largest absolute Gasteiger partial charge is 0.355 e. The normalized spacial score (nSPS) is 19.5. The summed E-state index contributed by atoms with van der Waals surface area (Å²) in [5.41, 5.74) is 5.90. The zero-order chi connectivity index (χ0) is 14.5. The molecular formula is C16H32N2O. The lowest BCUT2D eigenvalue weighted by Gasteiger charge is -2.37. The minimum Gasteiger partial charge on any atom is -0.355 e. The summed E-state index contributed by atoms with van der Waals surface area (Å²) < 4.78 is 0. The molecule has 0 spiro atoms. The Morgan fingerprint density at radius 2 is 1.84 bits per heavy atom. The van der Waals surface area contributed by atoms with Crippen LogP contribution in [-0.2, 0) is 4.79 Å². The van der Waals surface area contributed by atoms with Crippen LogP contribution in [0.1, 0.15) is 59.8 Å². The molecule has 1 unspecified atom stereocenters. The van der Waals surface area contributed by atoms with Crippen molar-refractivity contribution in [1.82, 2.24) is 5.32 Å². The molecule has 0 radical (unpaired) electrons. The molecule has 0 saturated heterocycles. The summed E-state index contributed by atoms with van der Waals surface area (Å²) in [6.45, 7) is 9.91. The smallest absolute Gasteiger partial charge is 0.224 e. The van der Waals surface area contributed by atoms with Crippen molar-refractivity contribution < 1.29 is 4.79 Å². The van der Waals surface area contributed by atoms with Crippen molar-refractivity contribution in [1.29, 1.82) is 0 Å². The molecule has 1 atom stereocenters. The molecule has 1 aliphatic carbocycles. The Kier molecular flexibility index (Phi) is 6.31. The maximum absolute atomic E-state index is 12.2. The first-order chi connectivity index (χ1) is 8.88. The maximum atomic E-state index is 12.2. The van der Waals surface area contributed by atoms with Gasteiger partial charge in [-0.3, -0.25) is 4.79 Å². The summed E-state index contributed by atoms with van der Waals surface area (Å²) in [7, 11) is 0. The van der Waals surface area contributed by atoms with E-state index in [0.717, 1.165) is 12.5 Å². The van der Waals surface area contributed by atoms with Gasteiger partial charge in [-0.2, -0.15) is 0 Å². The minimum absolute atomic E-state index is 0.0536. The highest BCUT2D eigenvalue weighted by Crippen LogP contribution is 2.37. The van der Waals surface area contributed by atoms with Crippen molar-refractivity contribution in [3.63, 3.8) is 0 Å². The zero-order valence-corrected chi connectivity index (χ0v) is 13.2. The van der Waals surface area contributed by atoms with Crippen molar-refractivity contribution in [3.8, 4) is 0 Å². The summed E-state index contributed by atoms with van der Waals surface area (Å²) in [4.78, 5) is 12.2. The van der Waals surface area contributed by atoms with Gasteiger partial charge in [0.15, 0.2) is 0 Å². The lowest BCUT2D eigenvalue weighted by atomic mass is 9.71. The highest BCUT2D eigenvalue weighted by atomic mass is 16.1. The second kappa shape index (κ2) is 7.28. The fourth-order valence-electron chi connectivity index (χ4n) is 3.16. The molecule has 1 aliphatic rings. The Balaban J connectivity index is 2.47. The molecule has 0 bridgehead atoms. The van der Waals surface area contributed by atoms with Crippen LogP contribution in [0, 0.1) is 23.2 Å². The van der Waals surface area contributed by atoms with Crippen LogP contribution in [0.25, 0.3) is 0 Å². The van der Waals surface area contributed by atoms with E-state index >= 15 is 0 Å². The van der Waals surface area contributed by atoms with E-state index in [2.05, 4.69) is 33.0 Å². The Morgan fingerprint density at radius 1 is 1.26 bits per heavy atom. The number of rotatable bonds is 6. The zero-order valence-electron chi connectivity index (χ0n) is 13.2. The first-order valence-corrected chi connectivity index (χ1v) is 7.86. The molecule has 0 aromatic rings. The van der Waals surface area contributed by atoms with Crippen LogP contribution >= 0.6 is 0 Å². The molecule has 3 N–H and O–H groups in total. The van der Waals surface area contributed by atoms with Gasteiger partial charge in [-0.25, -0.2) is 0 Å². The van der Waals surface area contributed by atoms with Gasteiger partial charge in [0.05, 0.1) is 5.92 Å². The SMILES string of the molecule is CC(C)C(CN)C(=O)NCC(C)(C)C1CCCCC1. The standard InChI is InChI=1S/C16H32N2O/c1-12(2)14(10-17)15(19)18-11-16(3,4)13-8-6-5-7-9-13/h12-14H,5-11,17H2,1-4H3,(H,18,19). The van der Waals surface area contributed by atoms with Crippen LogP contribution in [0.15, 0.2) is 0 Å². The molecule has 0 aliphatic heterocycles. The fraction of sp³-hybridized carbons (Fsp3) is 0.938. The molecule has 0 heterocycles. The van der Waals surface area contributed by atoms with Gasteiger partial charge in [-0.05, 0) is 30.1 Å². The molecule has 0 aromatic carbocycles. The molecule has 1 saturated carbocycles. The van der Waals surface area contributed by atoms with Crippen LogP contribution in [0.5, 0.6) is 0 Å². The third-order valence-electron chi connectivity index (χ3n) is 4.82.